The molecular formula is C36H33FN6O3S2. The van der Waals surface area contributed by atoms with Gasteiger partial charge in [-0.3, -0.25) is 9.36 Å². The van der Waals surface area contributed by atoms with Gasteiger partial charge >= 0.3 is 5.97 Å². The number of carbonyl (C=O) groups is 1. The van der Waals surface area contributed by atoms with E-state index in [1.54, 1.807) is 35.7 Å². The standard InChI is InChI=1S/C36H33FN6O3S2/c1-20-32-30-9-6-22(16-38)34(32)33-21(2)41(3)40-29(33)19-47-17-25-14-26(42(4)39-25)18-48-27-13-23-12-24(37)7-8-28(23)31(15-27)46-11-5-10-43(30)35(20)36(44)45/h6-9,12-15H,5,10-11,17-19H2,1-4H3,(H,44,45). The van der Waals surface area contributed by atoms with Gasteiger partial charge in [0.2, 0.25) is 0 Å². The molecule has 0 saturated carbocycles. The van der Waals surface area contributed by atoms with E-state index < -0.39 is 5.97 Å². The van der Waals surface area contributed by atoms with Crippen molar-refractivity contribution in [3.05, 3.63) is 93.9 Å². The second-order valence-corrected chi connectivity index (χ2v) is 14.0. The molecule has 6 aromatic rings. The molecule has 0 atom stereocenters. The van der Waals surface area contributed by atoms with Crippen LogP contribution in [0.4, 0.5) is 4.39 Å². The third-order valence-corrected chi connectivity index (χ3v) is 11.0. The zero-order chi connectivity index (χ0) is 33.7. The minimum Gasteiger partial charge on any atom is -0.493 e. The van der Waals surface area contributed by atoms with E-state index in [2.05, 4.69) is 12.1 Å². The first kappa shape index (κ1) is 31.8. The summed E-state index contributed by atoms with van der Waals surface area (Å²) < 4.78 is 26.2. The summed E-state index contributed by atoms with van der Waals surface area (Å²) in [5.74, 6) is 1.22. The summed E-state index contributed by atoms with van der Waals surface area (Å²) in [6.45, 7) is 4.50. The Hall–Kier alpha value is -4.73. The zero-order valence-corrected chi connectivity index (χ0v) is 28.6. The second kappa shape index (κ2) is 12.7. The van der Waals surface area contributed by atoms with Crippen molar-refractivity contribution in [1.29, 1.82) is 5.26 Å². The third-order valence-electron chi connectivity index (χ3n) is 8.99. The van der Waals surface area contributed by atoms with E-state index >= 15 is 0 Å². The van der Waals surface area contributed by atoms with E-state index in [4.69, 9.17) is 14.9 Å². The Morgan fingerprint density at radius 1 is 1.02 bits per heavy atom. The fourth-order valence-electron chi connectivity index (χ4n) is 6.67. The van der Waals surface area contributed by atoms with Crippen molar-refractivity contribution in [3.8, 4) is 22.9 Å². The molecule has 0 aliphatic carbocycles. The highest BCUT2D eigenvalue weighted by Crippen LogP contribution is 2.41. The van der Waals surface area contributed by atoms with Crippen LogP contribution in [0.5, 0.6) is 5.75 Å². The molecule has 12 heteroatoms. The molecule has 1 aliphatic heterocycles. The number of aryl methyl sites for hydroxylation is 4. The number of aromatic nitrogens is 5. The molecule has 3 aromatic carbocycles. The first-order chi connectivity index (χ1) is 23.1. The lowest BCUT2D eigenvalue weighted by Gasteiger charge is -2.14. The van der Waals surface area contributed by atoms with Gasteiger partial charge in [-0.1, -0.05) is 0 Å². The number of carboxylic acid groups (broad SMARTS) is 1. The molecule has 4 heterocycles. The van der Waals surface area contributed by atoms with Crippen LogP contribution in [0.15, 0.2) is 53.4 Å². The number of nitrogens with zero attached hydrogens (tertiary/aromatic N) is 6. The van der Waals surface area contributed by atoms with E-state index in [-0.39, 0.29) is 11.5 Å². The SMILES string of the molecule is Cc1c(C(=O)O)n2c3ccc(C#N)c(c13)-c1c(nn(C)c1C)CSCc1cc(n(C)n1)CSc1cc(c3ccc(F)cc3c1)OCCC2. The molecule has 1 N–H and O–H groups in total. The van der Waals surface area contributed by atoms with Gasteiger partial charge in [0.25, 0.3) is 0 Å². The molecule has 0 unspecified atom stereocenters. The van der Waals surface area contributed by atoms with Crippen molar-refractivity contribution in [2.45, 2.75) is 49.0 Å². The van der Waals surface area contributed by atoms with Gasteiger partial charge in [0.1, 0.15) is 17.3 Å². The van der Waals surface area contributed by atoms with Gasteiger partial charge in [0.15, 0.2) is 0 Å². The minimum atomic E-state index is -1.03. The largest absolute Gasteiger partial charge is 0.493 e. The average Bonchev–Trinajstić information content (AvgIpc) is 3.66. The Labute approximate surface area is 285 Å². The molecule has 7 rings (SSSR count). The zero-order valence-electron chi connectivity index (χ0n) is 27.0. The minimum absolute atomic E-state index is 0.186. The van der Waals surface area contributed by atoms with Crippen molar-refractivity contribution < 1.29 is 19.0 Å². The van der Waals surface area contributed by atoms with E-state index in [1.807, 2.05) is 60.1 Å². The Kier molecular flexibility index (Phi) is 8.43. The fraction of sp³-hybridized carbons (Fsp3) is 0.278. The molecule has 0 saturated heterocycles. The summed E-state index contributed by atoms with van der Waals surface area (Å²) in [4.78, 5) is 13.7. The van der Waals surface area contributed by atoms with Crippen LogP contribution in [-0.2, 0) is 37.9 Å². The first-order valence-corrected chi connectivity index (χ1v) is 17.7. The summed E-state index contributed by atoms with van der Waals surface area (Å²) in [6, 6.07) is 16.7. The molecule has 0 radical (unpaired) electrons. The topological polar surface area (TPSA) is 111 Å². The van der Waals surface area contributed by atoms with Gasteiger partial charge < -0.3 is 14.4 Å². The summed E-state index contributed by atoms with van der Waals surface area (Å²) in [7, 11) is 3.83. The van der Waals surface area contributed by atoms with Gasteiger partial charge in [0, 0.05) is 81.6 Å². The molecule has 3 aromatic heterocycles. The number of hydrogen-bond acceptors (Lipinski definition) is 7. The fourth-order valence-corrected chi connectivity index (χ4v) is 8.51. The van der Waals surface area contributed by atoms with E-state index in [1.165, 1.54) is 12.1 Å². The molecule has 48 heavy (non-hydrogen) atoms. The number of fused-ring (bicyclic) bond motifs is 8. The highest BCUT2D eigenvalue weighted by Gasteiger charge is 2.27. The normalized spacial score (nSPS) is 14.0. The van der Waals surface area contributed by atoms with Crippen LogP contribution in [0, 0.1) is 31.0 Å². The predicted molar refractivity (Wildman–Crippen MR) is 187 cm³/mol. The van der Waals surface area contributed by atoms with Gasteiger partial charge in [0.05, 0.1) is 29.6 Å². The lowest BCUT2D eigenvalue weighted by molar-refractivity contribution is 0.0684. The number of thioether (sulfide) groups is 2. The number of ether oxygens (including phenoxy) is 1. The number of benzene rings is 3. The smallest absolute Gasteiger partial charge is 0.352 e. The Balaban J connectivity index is 1.38. The number of nitriles is 1. The van der Waals surface area contributed by atoms with Crippen LogP contribution in [0.25, 0.3) is 32.8 Å². The Morgan fingerprint density at radius 3 is 2.65 bits per heavy atom. The quantitative estimate of drug-likeness (QED) is 0.188. The maximum atomic E-state index is 14.3. The van der Waals surface area contributed by atoms with E-state index in [0.29, 0.717) is 59.3 Å². The monoisotopic (exact) mass is 680 g/mol. The number of rotatable bonds is 1. The van der Waals surface area contributed by atoms with Crippen LogP contribution in [0.1, 0.15) is 50.8 Å². The van der Waals surface area contributed by atoms with Gasteiger partial charge in [-0.05, 0) is 79.7 Å². The average molecular weight is 681 g/mol. The lowest BCUT2D eigenvalue weighted by atomic mass is 9.93. The van der Waals surface area contributed by atoms with Crippen LogP contribution in [0.3, 0.4) is 0 Å². The van der Waals surface area contributed by atoms with Gasteiger partial charge in [-0.25, -0.2) is 9.18 Å². The van der Waals surface area contributed by atoms with Crippen molar-refractivity contribution in [2.75, 3.05) is 6.61 Å². The number of halogens is 1. The molecule has 0 fully saturated rings. The molecule has 244 valence electrons. The highest BCUT2D eigenvalue weighted by atomic mass is 32.2. The second-order valence-electron chi connectivity index (χ2n) is 12.0. The van der Waals surface area contributed by atoms with Crippen molar-refractivity contribution in [3.63, 3.8) is 0 Å². The van der Waals surface area contributed by atoms with Crippen LogP contribution >= 0.6 is 23.5 Å². The van der Waals surface area contributed by atoms with Crippen LogP contribution in [-0.4, -0.2) is 41.8 Å². The summed E-state index contributed by atoms with van der Waals surface area (Å²) in [5, 5.41) is 32.7. The molecule has 8 bridgehead atoms. The number of aromatic carboxylic acids is 1. The molecular weight excluding hydrogens is 648 g/mol. The van der Waals surface area contributed by atoms with Gasteiger partial charge in [-0.2, -0.15) is 15.5 Å². The summed E-state index contributed by atoms with van der Waals surface area (Å²) in [6.07, 6.45) is 0.518. The lowest BCUT2D eigenvalue weighted by Crippen LogP contribution is -2.12. The Bertz CT molecular complexity index is 2300. The van der Waals surface area contributed by atoms with E-state index in [0.717, 1.165) is 54.9 Å². The van der Waals surface area contributed by atoms with Crippen molar-refractivity contribution in [2.24, 2.45) is 14.1 Å². The summed E-state index contributed by atoms with van der Waals surface area (Å²) >= 11 is 3.33. The van der Waals surface area contributed by atoms with Gasteiger partial charge in [-0.15, -0.1) is 23.5 Å². The highest BCUT2D eigenvalue weighted by molar-refractivity contribution is 7.98. The van der Waals surface area contributed by atoms with Crippen LogP contribution < -0.4 is 4.74 Å². The number of hydrogen-bond donors (Lipinski definition) is 1. The molecule has 0 spiro atoms. The van der Waals surface area contributed by atoms with Crippen molar-refractivity contribution in [1.82, 2.24) is 24.1 Å². The van der Waals surface area contributed by atoms with E-state index in [9.17, 15) is 19.6 Å². The first-order valence-electron chi connectivity index (χ1n) is 15.5. The Morgan fingerprint density at radius 2 is 1.85 bits per heavy atom. The molecule has 1 aliphatic rings. The third kappa shape index (κ3) is 5.61. The van der Waals surface area contributed by atoms with Crippen LogP contribution in [0.2, 0.25) is 0 Å². The molecule has 0 amide bonds. The summed E-state index contributed by atoms with van der Waals surface area (Å²) in [5.41, 5.74) is 7.32. The number of carboxylic acids is 1. The predicted octanol–water partition coefficient (Wildman–Crippen LogP) is 7.76. The van der Waals surface area contributed by atoms with Crippen molar-refractivity contribution >= 4 is 51.2 Å². The maximum Gasteiger partial charge on any atom is 0.352 e. The maximum absolute atomic E-state index is 14.3. The molecule has 9 nitrogen and oxygen atoms in total.